The first kappa shape index (κ1) is 20.7. The summed E-state index contributed by atoms with van der Waals surface area (Å²) < 4.78 is 34.4. The van der Waals surface area contributed by atoms with Crippen LogP contribution in [-0.2, 0) is 21.6 Å². The second-order valence-electron chi connectivity index (χ2n) is 5.49. The highest BCUT2D eigenvalue weighted by Gasteiger charge is 2.03. The summed E-state index contributed by atoms with van der Waals surface area (Å²) in [6, 6.07) is 10.5. The number of hydrogen-bond donors (Lipinski definition) is 2. The Morgan fingerprint density at radius 1 is 0.815 bits per heavy atom. The van der Waals surface area contributed by atoms with Crippen molar-refractivity contribution in [3.8, 4) is 11.5 Å². The normalized spacial score (nSPS) is 13.7. The highest BCUT2D eigenvalue weighted by atomic mass is 32.2. The van der Waals surface area contributed by atoms with Crippen LogP contribution in [0.1, 0.15) is 11.1 Å². The number of anilines is 2. The second kappa shape index (κ2) is 9.94. The van der Waals surface area contributed by atoms with Gasteiger partial charge in [0.1, 0.15) is 16.6 Å². The minimum atomic E-state index is -1.38. The Labute approximate surface area is 163 Å². The summed E-state index contributed by atoms with van der Waals surface area (Å²) in [4.78, 5) is 0. The molecule has 2 aromatic rings. The van der Waals surface area contributed by atoms with Crippen molar-refractivity contribution in [2.75, 3.05) is 30.8 Å². The maximum atomic E-state index is 12.1. The van der Waals surface area contributed by atoms with E-state index in [0.717, 1.165) is 11.1 Å². The molecular weight excluding hydrogens is 384 g/mol. The number of nitrogens with two attached hydrogens (primary N) is 2. The van der Waals surface area contributed by atoms with Crippen LogP contribution in [-0.4, -0.2) is 27.7 Å². The van der Waals surface area contributed by atoms with Crippen molar-refractivity contribution in [2.45, 2.75) is 0 Å². The largest absolute Gasteiger partial charge is 0.495 e. The lowest BCUT2D eigenvalue weighted by molar-refractivity contribution is 0.417. The van der Waals surface area contributed by atoms with Crippen molar-refractivity contribution >= 4 is 45.1 Å². The number of rotatable bonds is 8. The Morgan fingerprint density at radius 2 is 1.22 bits per heavy atom. The third kappa shape index (κ3) is 6.26. The fraction of sp³-hybridized carbons (Fsp3) is 0.158. The molecule has 0 spiro atoms. The van der Waals surface area contributed by atoms with Crippen LogP contribution in [0.5, 0.6) is 11.5 Å². The van der Waals surface area contributed by atoms with Gasteiger partial charge in [-0.2, -0.15) is 0 Å². The molecule has 6 nitrogen and oxygen atoms in total. The lowest BCUT2D eigenvalue weighted by Crippen LogP contribution is -1.99. The second-order valence-corrected chi connectivity index (χ2v) is 8.50. The van der Waals surface area contributed by atoms with Crippen LogP contribution in [0.4, 0.5) is 11.4 Å². The number of methoxy groups -OCH3 is 2. The molecule has 0 saturated heterocycles. The van der Waals surface area contributed by atoms with E-state index >= 15 is 0 Å². The first-order chi connectivity index (χ1) is 12.9. The maximum Gasteiger partial charge on any atom is 0.141 e. The fourth-order valence-corrected chi connectivity index (χ4v) is 4.38. The molecule has 2 unspecified atom stereocenters. The Bertz CT molecular complexity index is 837. The third-order valence-corrected chi connectivity index (χ3v) is 6.30. The molecule has 4 N–H and O–H groups in total. The highest BCUT2D eigenvalue weighted by molar-refractivity contribution is 8.04. The molecule has 0 aliphatic heterocycles. The Balaban J connectivity index is 1.94. The number of hydrogen-bond acceptors (Lipinski definition) is 6. The topological polar surface area (TPSA) is 105 Å². The Hall–Kier alpha value is -2.58. The summed E-state index contributed by atoms with van der Waals surface area (Å²) in [6.45, 7) is 0. The van der Waals surface area contributed by atoms with Crippen LogP contribution in [0, 0.1) is 0 Å². The molecule has 144 valence electrons. The smallest absolute Gasteiger partial charge is 0.141 e. The van der Waals surface area contributed by atoms with Crippen molar-refractivity contribution in [1.82, 2.24) is 0 Å². The predicted octanol–water partition coefficient (Wildman–Crippen LogP) is 2.96. The van der Waals surface area contributed by atoms with Gasteiger partial charge < -0.3 is 20.9 Å². The molecule has 0 aliphatic carbocycles. The molecule has 0 aliphatic rings. The zero-order valence-corrected chi connectivity index (χ0v) is 16.7. The molecule has 0 heterocycles. The Kier molecular flexibility index (Phi) is 7.63. The van der Waals surface area contributed by atoms with Gasteiger partial charge in [-0.3, -0.25) is 8.42 Å². The number of benzene rings is 2. The van der Waals surface area contributed by atoms with E-state index in [1.807, 2.05) is 0 Å². The molecule has 0 bridgehead atoms. The molecule has 2 rings (SSSR count). The van der Waals surface area contributed by atoms with Gasteiger partial charge in [-0.15, -0.1) is 0 Å². The fourth-order valence-electron chi connectivity index (χ4n) is 2.21. The summed E-state index contributed by atoms with van der Waals surface area (Å²) in [5.41, 5.74) is 14.2. The van der Waals surface area contributed by atoms with E-state index in [2.05, 4.69) is 0 Å². The average molecular weight is 407 g/mol. The van der Waals surface area contributed by atoms with E-state index in [1.165, 1.54) is 10.8 Å². The van der Waals surface area contributed by atoms with Crippen LogP contribution < -0.4 is 20.9 Å². The number of ether oxygens (including phenoxy) is 2. The summed E-state index contributed by atoms with van der Waals surface area (Å²) in [7, 11) is 0.321. The van der Waals surface area contributed by atoms with Crippen molar-refractivity contribution in [2.24, 2.45) is 0 Å². The molecule has 27 heavy (non-hydrogen) atoms. The van der Waals surface area contributed by atoms with E-state index in [-0.39, 0.29) is 5.08 Å². The van der Waals surface area contributed by atoms with Crippen LogP contribution in [0.15, 0.2) is 47.2 Å². The van der Waals surface area contributed by atoms with Gasteiger partial charge in [0, 0.05) is 10.8 Å². The van der Waals surface area contributed by atoms with Gasteiger partial charge in [0.25, 0.3) is 0 Å². The molecule has 2 atom stereocenters. The first-order valence-electron chi connectivity index (χ1n) is 7.90. The minimum Gasteiger partial charge on any atom is -0.495 e. The van der Waals surface area contributed by atoms with Crippen LogP contribution >= 0.6 is 0 Å². The molecule has 0 radical (unpaired) electrons. The molecule has 0 fully saturated rings. The van der Waals surface area contributed by atoms with Gasteiger partial charge in [0.05, 0.1) is 47.2 Å². The zero-order chi connectivity index (χ0) is 19.8. The van der Waals surface area contributed by atoms with E-state index < -0.39 is 21.6 Å². The average Bonchev–Trinajstić information content (AvgIpc) is 2.65. The summed E-state index contributed by atoms with van der Waals surface area (Å²) in [5.74, 6) is 1.16. The molecule has 8 heteroatoms. The van der Waals surface area contributed by atoms with Gasteiger partial charge in [-0.25, -0.2) is 0 Å². The third-order valence-electron chi connectivity index (χ3n) is 3.56. The summed E-state index contributed by atoms with van der Waals surface area (Å²) in [6.07, 6.45) is 3.36. The van der Waals surface area contributed by atoms with Crippen molar-refractivity contribution in [1.29, 1.82) is 0 Å². The van der Waals surface area contributed by atoms with E-state index in [0.29, 0.717) is 22.9 Å². The van der Waals surface area contributed by atoms with Crippen molar-refractivity contribution in [3.63, 3.8) is 0 Å². The van der Waals surface area contributed by atoms with Gasteiger partial charge in [0.15, 0.2) is 0 Å². The zero-order valence-electron chi connectivity index (χ0n) is 15.1. The lowest BCUT2D eigenvalue weighted by Gasteiger charge is -2.04. The number of nitrogen functional groups attached to an aromatic ring is 2. The van der Waals surface area contributed by atoms with Crippen molar-refractivity contribution in [3.05, 3.63) is 58.3 Å². The Morgan fingerprint density at radius 3 is 1.56 bits per heavy atom. The molecule has 0 aromatic heterocycles. The van der Waals surface area contributed by atoms with Gasteiger partial charge in [-0.1, -0.05) is 12.1 Å². The minimum absolute atomic E-state index is 0.00424. The van der Waals surface area contributed by atoms with Gasteiger partial charge in [0.2, 0.25) is 0 Å². The van der Waals surface area contributed by atoms with Crippen LogP contribution in [0.25, 0.3) is 12.2 Å². The first-order valence-corrected chi connectivity index (χ1v) is 10.7. The predicted molar refractivity (Wildman–Crippen MR) is 114 cm³/mol. The van der Waals surface area contributed by atoms with Crippen LogP contribution in [0.3, 0.4) is 0 Å². The summed E-state index contributed by atoms with van der Waals surface area (Å²) in [5, 5.41) is 3.00. The van der Waals surface area contributed by atoms with Crippen LogP contribution in [0.2, 0.25) is 0 Å². The van der Waals surface area contributed by atoms with E-state index in [4.69, 9.17) is 20.9 Å². The maximum absolute atomic E-state index is 12.1. The summed E-state index contributed by atoms with van der Waals surface area (Å²) >= 11 is 0. The quantitative estimate of drug-likeness (QED) is 0.653. The van der Waals surface area contributed by atoms with Gasteiger partial charge in [-0.05, 0) is 47.5 Å². The SMILES string of the molecule is COc1ccc(C=CS(=O)CS(=O)/C=C\c2ccc(OC)c(N)c2)cc1N. The molecule has 0 saturated carbocycles. The van der Waals surface area contributed by atoms with E-state index in [1.54, 1.807) is 62.8 Å². The lowest BCUT2D eigenvalue weighted by atomic mass is 10.2. The molecular formula is C19H22N2O4S2. The van der Waals surface area contributed by atoms with E-state index in [9.17, 15) is 8.42 Å². The standard InChI is InChI=1S/C19H22N2O4S2/c1-24-18-5-3-14(11-16(18)20)7-9-26(22)13-27(23)10-8-15-4-6-19(25-2)17(21)12-15/h3-12H,13,20-21H2,1-2H3/b9-7-,10-8?. The monoisotopic (exact) mass is 406 g/mol. The highest BCUT2D eigenvalue weighted by Crippen LogP contribution is 2.23. The molecule has 2 aromatic carbocycles. The molecule has 0 amide bonds. The van der Waals surface area contributed by atoms with Gasteiger partial charge >= 0.3 is 0 Å². The van der Waals surface area contributed by atoms with Crippen molar-refractivity contribution < 1.29 is 17.9 Å².